The largest absolute Gasteiger partial charge is 0.349 e. The highest BCUT2D eigenvalue weighted by Crippen LogP contribution is 2.34. The van der Waals surface area contributed by atoms with Gasteiger partial charge in [0.25, 0.3) is 5.91 Å². The van der Waals surface area contributed by atoms with Gasteiger partial charge in [-0.25, -0.2) is 0 Å². The van der Waals surface area contributed by atoms with Crippen molar-refractivity contribution < 1.29 is 4.79 Å². The van der Waals surface area contributed by atoms with E-state index in [1.807, 2.05) is 12.1 Å². The van der Waals surface area contributed by atoms with Gasteiger partial charge in [-0.1, -0.05) is 0 Å². The Morgan fingerprint density at radius 2 is 2.05 bits per heavy atom. The number of piperidine rings is 1. The second-order valence-corrected chi connectivity index (χ2v) is 6.15. The van der Waals surface area contributed by atoms with Gasteiger partial charge in [0.05, 0.1) is 11.8 Å². The molecule has 4 heterocycles. The van der Waals surface area contributed by atoms with E-state index in [2.05, 4.69) is 27.5 Å². The zero-order valence-electron chi connectivity index (χ0n) is 12.1. The van der Waals surface area contributed by atoms with Gasteiger partial charge < -0.3 is 10.2 Å². The Balaban J connectivity index is 1.51. The number of nitrogens with one attached hydrogen (secondary N) is 1. The quantitative estimate of drug-likeness (QED) is 0.897. The summed E-state index contributed by atoms with van der Waals surface area (Å²) in [4.78, 5) is 15.0. The molecule has 6 nitrogen and oxygen atoms in total. The molecule has 110 valence electrons. The van der Waals surface area contributed by atoms with E-state index in [1.165, 1.54) is 17.5 Å². The Bertz CT molecular complexity index is 668. The normalized spacial score (nSPS) is 28.9. The molecule has 2 aromatic heterocycles. The maximum atomic E-state index is 12.5. The molecule has 2 aliphatic heterocycles. The molecule has 2 aromatic rings. The Morgan fingerprint density at radius 1 is 1.29 bits per heavy atom. The van der Waals surface area contributed by atoms with Crippen LogP contribution >= 0.6 is 0 Å². The van der Waals surface area contributed by atoms with Gasteiger partial charge in [-0.05, 0) is 44.9 Å². The van der Waals surface area contributed by atoms with Crippen LogP contribution in [-0.4, -0.2) is 50.8 Å². The van der Waals surface area contributed by atoms with E-state index in [0.29, 0.717) is 17.6 Å². The van der Waals surface area contributed by atoms with Crippen molar-refractivity contribution in [1.29, 1.82) is 0 Å². The molecule has 0 saturated carbocycles. The van der Waals surface area contributed by atoms with Crippen molar-refractivity contribution in [2.45, 2.75) is 43.8 Å². The van der Waals surface area contributed by atoms with Crippen molar-refractivity contribution in [3.05, 3.63) is 30.1 Å². The summed E-state index contributed by atoms with van der Waals surface area (Å²) in [5.74, 6) is -0.0352. The fourth-order valence-electron chi connectivity index (χ4n) is 3.80. The Kier molecular flexibility index (Phi) is 2.92. The fraction of sp³-hybridized carbons (Fsp3) is 0.533. The molecule has 1 N–H and O–H groups in total. The number of hydrogen-bond donors (Lipinski definition) is 1. The number of nitrogens with zero attached hydrogens (tertiary/aromatic N) is 4. The predicted octanol–water partition coefficient (Wildman–Crippen LogP) is 1.08. The van der Waals surface area contributed by atoms with Gasteiger partial charge in [0.15, 0.2) is 0 Å². The molecule has 2 fully saturated rings. The molecule has 2 atom stereocenters. The molecule has 2 unspecified atom stereocenters. The Hall–Kier alpha value is -1.95. The summed E-state index contributed by atoms with van der Waals surface area (Å²) in [5, 5.41) is 11.4. The summed E-state index contributed by atoms with van der Waals surface area (Å²) < 4.78 is 1.49. The third kappa shape index (κ3) is 2.10. The van der Waals surface area contributed by atoms with Crippen molar-refractivity contribution >= 4 is 11.4 Å². The van der Waals surface area contributed by atoms with E-state index < -0.39 is 0 Å². The first-order valence-electron chi connectivity index (χ1n) is 7.54. The van der Waals surface area contributed by atoms with Gasteiger partial charge in [-0.15, -0.1) is 0 Å². The number of carbonyl (C=O) groups is 1. The maximum Gasteiger partial charge on any atom is 0.255 e. The monoisotopic (exact) mass is 285 g/mol. The second kappa shape index (κ2) is 4.80. The average Bonchev–Trinajstić information content (AvgIpc) is 2.98. The average molecular weight is 285 g/mol. The lowest BCUT2D eigenvalue weighted by atomic mass is 9.98. The number of aromatic nitrogens is 3. The molecular weight excluding hydrogens is 266 g/mol. The maximum absolute atomic E-state index is 12.5. The number of rotatable bonds is 2. The SMILES string of the molecule is CN1C2CCC1CC(NC(=O)c1cnn3ncccc13)C2. The molecule has 2 bridgehead atoms. The van der Waals surface area contributed by atoms with E-state index in [0.717, 1.165) is 18.4 Å². The topological polar surface area (TPSA) is 62.5 Å². The molecular formula is C15H19N5O. The van der Waals surface area contributed by atoms with Crippen molar-refractivity contribution in [3.8, 4) is 0 Å². The van der Waals surface area contributed by atoms with Gasteiger partial charge in [0.2, 0.25) is 0 Å². The minimum absolute atomic E-state index is 0.0352. The number of amides is 1. The van der Waals surface area contributed by atoms with Crippen molar-refractivity contribution in [2.75, 3.05) is 7.05 Å². The van der Waals surface area contributed by atoms with Gasteiger partial charge in [0, 0.05) is 24.3 Å². The van der Waals surface area contributed by atoms with Crippen LogP contribution in [0.2, 0.25) is 0 Å². The van der Waals surface area contributed by atoms with Gasteiger partial charge in [0.1, 0.15) is 5.52 Å². The molecule has 0 spiro atoms. The van der Waals surface area contributed by atoms with E-state index in [1.54, 1.807) is 12.4 Å². The van der Waals surface area contributed by atoms with E-state index in [9.17, 15) is 4.79 Å². The van der Waals surface area contributed by atoms with E-state index in [4.69, 9.17) is 0 Å². The number of fused-ring (bicyclic) bond motifs is 3. The standard InChI is InChI=1S/C15H19N5O/c1-19-11-4-5-12(19)8-10(7-11)18-15(21)13-9-17-20-14(13)3-2-6-16-20/h2-3,6,9-12H,4-5,7-8H2,1H3,(H,18,21). The summed E-state index contributed by atoms with van der Waals surface area (Å²) in [6.07, 6.45) is 7.88. The lowest BCUT2D eigenvalue weighted by Crippen LogP contribution is -2.48. The minimum Gasteiger partial charge on any atom is -0.349 e. The van der Waals surface area contributed by atoms with Gasteiger partial charge in [-0.3, -0.25) is 4.79 Å². The molecule has 0 aromatic carbocycles. The van der Waals surface area contributed by atoms with Crippen LogP contribution in [0.4, 0.5) is 0 Å². The van der Waals surface area contributed by atoms with Gasteiger partial charge >= 0.3 is 0 Å². The molecule has 2 aliphatic rings. The first-order chi connectivity index (χ1) is 10.2. The lowest BCUT2D eigenvalue weighted by Gasteiger charge is -2.36. The lowest BCUT2D eigenvalue weighted by molar-refractivity contribution is 0.0884. The number of carbonyl (C=O) groups excluding carboxylic acids is 1. The van der Waals surface area contributed by atoms with Crippen molar-refractivity contribution in [2.24, 2.45) is 0 Å². The van der Waals surface area contributed by atoms with Crippen molar-refractivity contribution in [3.63, 3.8) is 0 Å². The highest BCUT2D eigenvalue weighted by atomic mass is 16.1. The van der Waals surface area contributed by atoms with Crippen LogP contribution in [0.15, 0.2) is 24.5 Å². The highest BCUT2D eigenvalue weighted by molar-refractivity contribution is 6.00. The minimum atomic E-state index is -0.0352. The first kappa shape index (κ1) is 12.8. The Morgan fingerprint density at radius 3 is 2.81 bits per heavy atom. The number of hydrogen-bond acceptors (Lipinski definition) is 4. The molecule has 0 aliphatic carbocycles. The van der Waals surface area contributed by atoms with E-state index >= 15 is 0 Å². The Labute approximate surface area is 123 Å². The van der Waals surface area contributed by atoms with Crippen LogP contribution in [-0.2, 0) is 0 Å². The summed E-state index contributed by atoms with van der Waals surface area (Å²) in [5.41, 5.74) is 1.36. The molecule has 2 saturated heterocycles. The van der Waals surface area contributed by atoms with Crippen LogP contribution in [0.1, 0.15) is 36.0 Å². The fourth-order valence-corrected chi connectivity index (χ4v) is 3.80. The molecule has 0 radical (unpaired) electrons. The van der Waals surface area contributed by atoms with Crippen LogP contribution in [0.3, 0.4) is 0 Å². The van der Waals surface area contributed by atoms with Crippen molar-refractivity contribution in [1.82, 2.24) is 25.0 Å². The molecule has 1 amide bonds. The van der Waals surface area contributed by atoms with Crippen LogP contribution in [0.25, 0.3) is 5.52 Å². The molecule has 6 heteroatoms. The molecule has 4 rings (SSSR count). The summed E-state index contributed by atoms with van der Waals surface area (Å²) in [6, 6.07) is 5.22. The van der Waals surface area contributed by atoms with E-state index in [-0.39, 0.29) is 11.9 Å². The molecule has 21 heavy (non-hydrogen) atoms. The van der Waals surface area contributed by atoms with Crippen LogP contribution in [0, 0.1) is 0 Å². The van der Waals surface area contributed by atoms with Crippen LogP contribution < -0.4 is 5.32 Å². The zero-order valence-corrected chi connectivity index (χ0v) is 12.1. The predicted molar refractivity (Wildman–Crippen MR) is 78.0 cm³/mol. The first-order valence-corrected chi connectivity index (χ1v) is 7.54. The van der Waals surface area contributed by atoms with Crippen LogP contribution in [0.5, 0.6) is 0 Å². The third-order valence-electron chi connectivity index (χ3n) is 4.98. The summed E-state index contributed by atoms with van der Waals surface area (Å²) >= 11 is 0. The summed E-state index contributed by atoms with van der Waals surface area (Å²) in [7, 11) is 2.21. The zero-order chi connectivity index (χ0) is 14.4. The van der Waals surface area contributed by atoms with Gasteiger partial charge in [-0.2, -0.15) is 14.8 Å². The smallest absolute Gasteiger partial charge is 0.255 e. The third-order valence-corrected chi connectivity index (χ3v) is 4.98. The second-order valence-electron chi connectivity index (χ2n) is 6.15. The highest BCUT2D eigenvalue weighted by Gasteiger charge is 2.38. The summed E-state index contributed by atoms with van der Waals surface area (Å²) in [6.45, 7) is 0.